The summed E-state index contributed by atoms with van der Waals surface area (Å²) < 4.78 is 26.4. The van der Waals surface area contributed by atoms with Crippen LogP contribution in [-0.2, 0) is 14.8 Å². The van der Waals surface area contributed by atoms with Crippen molar-refractivity contribution in [1.82, 2.24) is 4.31 Å². The molecule has 0 fully saturated rings. The van der Waals surface area contributed by atoms with E-state index in [1.54, 1.807) is 43.4 Å². The molecule has 1 amide bonds. The maximum Gasteiger partial charge on any atom is 0.243 e. The standard InChI is InChI=1S/C21H27N3O4S/c1-4-5-14-24(3)29(27,28)18-12-10-17(11-13-18)22-15-21(26)23-20-9-7-6-8-19(20)16(2)25/h6-13,22H,4-5,14-15H2,1-3H3,(H,23,26). The lowest BCUT2D eigenvalue weighted by atomic mass is 10.1. The van der Waals surface area contributed by atoms with Gasteiger partial charge in [0, 0.05) is 24.8 Å². The van der Waals surface area contributed by atoms with Crippen molar-refractivity contribution in [3.05, 3.63) is 54.1 Å². The van der Waals surface area contributed by atoms with E-state index in [9.17, 15) is 18.0 Å². The smallest absolute Gasteiger partial charge is 0.243 e. The second-order valence-electron chi connectivity index (χ2n) is 6.71. The molecule has 0 aromatic heterocycles. The van der Waals surface area contributed by atoms with Gasteiger partial charge in [0.15, 0.2) is 5.78 Å². The fourth-order valence-electron chi connectivity index (χ4n) is 2.70. The van der Waals surface area contributed by atoms with Gasteiger partial charge in [-0.05, 0) is 49.7 Å². The molecular weight excluding hydrogens is 390 g/mol. The van der Waals surface area contributed by atoms with Crippen LogP contribution in [0.3, 0.4) is 0 Å². The summed E-state index contributed by atoms with van der Waals surface area (Å²) in [5, 5.41) is 5.66. The predicted octanol–water partition coefficient (Wildman–Crippen LogP) is 3.36. The quantitative estimate of drug-likeness (QED) is 0.578. The van der Waals surface area contributed by atoms with Crippen LogP contribution in [0.15, 0.2) is 53.4 Å². The lowest BCUT2D eigenvalue weighted by Gasteiger charge is -2.17. The van der Waals surface area contributed by atoms with Crippen molar-refractivity contribution in [3.8, 4) is 0 Å². The Bertz CT molecular complexity index is 956. The summed E-state index contributed by atoms with van der Waals surface area (Å²) in [6.45, 7) is 3.91. The molecule has 7 nitrogen and oxygen atoms in total. The predicted molar refractivity (Wildman–Crippen MR) is 115 cm³/mol. The lowest BCUT2D eigenvalue weighted by molar-refractivity contribution is -0.114. The normalized spacial score (nSPS) is 11.3. The molecule has 29 heavy (non-hydrogen) atoms. The monoisotopic (exact) mass is 417 g/mol. The summed E-state index contributed by atoms with van der Waals surface area (Å²) in [5.41, 5.74) is 1.53. The van der Waals surface area contributed by atoms with E-state index in [0.29, 0.717) is 23.5 Å². The molecule has 0 unspecified atom stereocenters. The van der Waals surface area contributed by atoms with E-state index in [1.165, 1.54) is 23.4 Å². The largest absolute Gasteiger partial charge is 0.376 e. The van der Waals surface area contributed by atoms with Crippen LogP contribution in [0.5, 0.6) is 0 Å². The van der Waals surface area contributed by atoms with Crippen LogP contribution >= 0.6 is 0 Å². The minimum atomic E-state index is -3.52. The number of hydrogen-bond donors (Lipinski definition) is 2. The van der Waals surface area contributed by atoms with E-state index >= 15 is 0 Å². The molecule has 2 aromatic rings. The van der Waals surface area contributed by atoms with Crippen molar-refractivity contribution in [2.45, 2.75) is 31.6 Å². The maximum absolute atomic E-state index is 12.5. The molecule has 2 N–H and O–H groups in total. The lowest BCUT2D eigenvalue weighted by Crippen LogP contribution is -2.28. The summed E-state index contributed by atoms with van der Waals surface area (Å²) in [7, 11) is -1.95. The molecule has 156 valence electrons. The number of benzene rings is 2. The summed E-state index contributed by atoms with van der Waals surface area (Å²) in [4.78, 5) is 24.0. The first kappa shape index (κ1) is 22.6. The van der Waals surface area contributed by atoms with Gasteiger partial charge in [-0.3, -0.25) is 9.59 Å². The number of amides is 1. The fraction of sp³-hybridized carbons (Fsp3) is 0.333. The minimum Gasteiger partial charge on any atom is -0.376 e. The van der Waals surface area contributed by atoms with Crippen molar-refractivity contribution < 1.29 is 18.0 Å². The second-order valence-corrected chi connectivity index (χ2v) is 8.75. The molecule has 0 saturated carbocycles. The van der Waals surface area contributed by atoms with Gasteiger partial charge in [0.1, 0.15) is 0 Å². The van der Waals surface area contributed by atoms with Gasteiger partial charge in [0.2, 0.25) is 15.9 Å². The molecule has 8 heteroatoms. The van der Waals surface area contributed by atoms with Crippen LogP contribution in [0.2, 0.25) is 0 Å². The first-order chi connectivity index (χ1) is 13.8. The van der Waals surface area contributed by atoms with Crippen molar-refractivity contribution in [3.63, 3.8) is 0 Å². The van der Waals surface area contributed by atoms with Gasteiger partial charge < -0.3 is 10.6 Å². The highest BCUT2D eigenvalue weighted by Gasteiger charge is 2.20. The van der Waals surface area contributed by atoms with E-state index in [2.05, 4.69) is 10.6 Å². The Morgan fingerprint density at radius 1 is 1.03 bits per heavy atom. The van der Waals surface area contributed by atoms with Gasteiger partial charge in [-0.25, -0.2) is 12.7 Å². The molecule has 0 radical (unpaired) electrons. The van der Waals surface area contributed by atoms with Crippen LogP contribution in [0.4, 0.5) is 11.4 Å². The van der Waals surface area contributed by atoms with Gasteiger partial charge in [0.05, 0.1) is 17.1 Å². The van der Waals surface area contributed by atoms with E-state index < -0.39 is 10.0 Å². The maximum atomic E-state index is 12.5. The number of ketones is 1. The molecule has 0 atom stereocenters. The number of nitrogens with one attached hydrogen (secondary N) is 2. The Labute approximate surface area is 172 Å². The van der Waals surface area contributed by atoms with Crippen molar-refractivity contribution in [1.29, 1.82) is 0 Å². The van der Waals surface area contributed by atoms with Crippen molar-refractivity contribution in [2.75, 3.05) is 30.8 Å². The van der Waals surface area contributed by atoms with Gasteiger partial charge >= 0.3 is 0 Å². The Morgan fingerprint density at radius 3 is 2.31 bits per heavy atom. The molecule has 0 spiro atoms. The van der Waals surface area contributed by atoms with Gasteiger partial charge in [-0.1, -0.05) is 25.5 Å². The topological polar surface area (TPSA) is 95.6 Å². The summed E-state index contributed by atoms with van der Waals surface area (Å²) in [5.74, 6) is -0.441. The van der Waals surface area contributed by atoms with E-state index in [4.69, 9.17) is 0 Å². The highest BCUT2D eigenvalue weighted by Crippen LogP contribution is 2.18. The molecule has 0 aliphatic rings. The Kier molecular flexibility index (Phi) is 7.92. The summed E-state index contributed by atoms with van der Waals surface area (Å²) in [6.07, 6.45) is 1.72. The number of anilines is 2. The number of sulfonamides is 1. The molecule has 2 rings (SSSR count). The third-order valence-corrected chi connectivity index (χ3v) is 6.29. The molecule has 0 heterocycles. The summed E-state index contributed by atoms with van der Waals surface area (Å²) in [6, 6.07) is 13.1. The van der Waals surface area contributed by atoms with Gasteiger partial charge in [-0.15, -0.1) is 0 Å². The number of unbranched alkanes of at least 4 members (excludes halogenated alkanes) is 1. The number of nitrogens with zero attached hydrogens (tertiary/aromatic N) is 1. The fourth-order valence-corrected chi connectivity index (χ4v) is 3.91. The Morgan fingerprint density at radius 2 is 1.69 bits per heavy atom. The molecule has 0 aliphatic heterocycles. The number of para-hydroxylation sites is 1. The first-order valence-electron chi connectivity index (χ1n) is 9.45. The van der Waals surface area contributed by atoms with Crippen molar-refractivity contribution in [2.24, 2.45) is 0 Å². The number of Topliss-reactive ketones (excluding diaryl/α,β-unsaturated/α-hetero) is 1. The Balaban J connectivity index is 1.97. The molecule has 2 aromatic carbocycles. The zero-order valence-corrected chi connectivity index (χ0v) is 17.8. The molecule has 0 aliphatic carbocycles. The zero-order valence-electron chi connectivity index (χ0n) is 16.9. The third-order valence-electron chi connectivity index (χ3n) is 4.42. The number of rotatable bonds is 10. The average molecular weight is 418 g/mol. The Hall–Kier alpha value is -2.71. The number of hydrogen-bond acceptors (Lipinski definition) is 5. The average Bonchev–Trinajstić information content (AvgIpc) is 2.71. The van der Waals surface area contributed by atoms with E-state index in [0.717, 1.165) is 12.8 Å². The zero-order chi connectivity index (χ0) is 21.4. The SMILES string of the molecule is CCCCN(C)S(=O)(=O)c1ccc(NCC(=O)Nc2ccccc2C(C)=O)cc1. The van der Waals surface area contributed by atoms with Crippen LogP contribution in [-0.4, -0.2) is 44.6 Å². The van der Waals surface area contributed by atoms with Gasteiger partial charge in [0.25, 0.3) is 0 Å². The number of carbonyl (C=O) groups excluding carboxylic acids is 2. The van der Waals surface area contributed by atoms with Crippen LogP contribution in [0.25, 0.3) is 0 Å². The highest BCUT2D eigenvalue weighted by molar-refractivity contribution is 7.89. The second kappa shape index (κ2) is 10.2. The van der Waals surface area contributed by atoms with Crippen LogP contribution in [0.1, 0.15) is 37.0 Å². The number of carbonyl (C=O) groups is 2. The first-order valence-corrected chi connectivity index (χ1v) is 10.9. The highest BCUT2D eigenvalue weighted by atomic mass is 32.2. The third kappa shape index (κ3) is 6.13. The molecule has 0 saturated heterocycles. The van der Waals surface area contributed by atoms with E-state index in [1.807, 2.05) is 6.92 Å². The van der Waals surface area contributed by atoms with Crippen LogP contribution in [0, 0.1) is 0 Å². The van der Waals surface area contributed by atoms with Crippen LogP contribution < -0.4 is 10.6 Å². The molecule has 0 bridgehead atoms. The van der Waals surface area contributed by atoms with Crippen molar-refractivity contribution >= 4 is 33.1 Å². The summed E-state index contributed by atoms with van der Waals surface area (Å²) >= 11 is 0. The van der Waals surface area contributed by atoms with Gasteiger partial charge in [-0.2, -0.15) is 0 Å². The minimum absolute atomic E-state index is 0.0191. The molecular formula is C21H27N3O4S. The van der Waals surface area contributed by atoms with E-state index in [-0.39, 0.29) is 23.1 Å².